The molecule has 2 nitrogen and oxygen atoms in total. The number of nitrogens with one attached hydrogen (secondary N) is 1. The van der Waals surface area contributed by atoms with Crippen LogP contribution in [-0.4, -0.2) is 12.6 Å². The Balaban J connectivity index is 2.86. The van der Waals surface area contributed by atoms with Gasteiger partial charge in [-0.3, -0.25) is 0 Å². The van der Waals surface area contributed by atoms with Crippen LogP contribution in [0.5, 0.6) is 5.75 Å². The summed E-state index contributed by atoms with van der Waals surface area (Å²) in [7, 11) is 0. The third kappa shape index (κ3) is 4.60. The molecule has 1 unspecified atom stereocenters. The monoisotopic (exact) mass is 363 g/mol. The van der Waals surface area contributed by atoms with Crippen LogP contribution in [0.3, 0.4) is 0 Å². The summed E-state index contributed by atoms with van der Waals surface area (Å²) in [5.41, 5.74) is 1.24. The summed E-state index contributed by atoms with van der Waals surface area (Å²) in [6.07, 6.45) is 1.22. The molecule has 0 spiro atoms. The third-order valence-electron chi connectivity index (χ3n) is 2.53. The highest BCUT2D eigenvalue weighted by atomic mass is 79.9. The summed E-state index contributed by atoms with van der Waals surface area (Å²) < 4.78 is 7.87. The van der Waals surface area contributed by atoms with Gasteiger partial charge in [-0.2, -0.15) is 0 Å². The molecule has 1 atom stereocenters. The largest absolute Gasteiger partial charge is 0.488 e. The molecule has 1 aromatic rings. The third-order valence-corrected chi connectivity index (χ3v) is 3.71. The maximum atomic E-state index is 5.87. The molecule has 1 N–H and O–H groups in total. The highest BCUT2D eigenvalue weighted by Crippen LogP contribution is 2.35. The van der Waals surface area contributed by atoms with Crippen LogP contribution >= 0.6 is 31.9 Å². The van der Waals surface area contributed by atoms with Gasteiger partial charge in [0.15, 0.2) is 0 Å². The van der Waals surface area contributed by atoms with E-state index in [2.05, 4.69) is 70.1 Å². The molecule has 0 saturated carbocycles. The zero-order chi connectivity index (χ0) is 12.8. The van der Waals surface area contributed by atoms with Gasteiger partial charge in [0.2, 0.25) is 0 Å². The fourth-order valence-corrected chi connectivity index (χ4v) is 2.85. The molecule has 17 heavy (non-hydrogen) atoms. The lowest BCUT2D eigenvalue weighted by Gasteiger charge is -2.16. The van der Waals surface area contributed by atoms with Gasteiger partial charge in [0.25, 0.3) is 0 Å². The van der Waals surface area contributed by atoms with Crippen molar-refractivity contribution in [3.05, 3.63) is 26.6 Å². The Bertz CT molecular complexity index is 345. The van der Waals surface area contributed by atoms with Gasteiger partial charge >= 0.3 is 0 Å². The normalized spacial score (nSPS) is 12.5. The van der Waals surface area contributed by atoms with Crippen molar-refractivity contribution in [2.75, 3.05) is 6.54 Å². The minimum atomic E-state index is 0.224. The molecule has 1 rings (SSSR count). The van der Waals surface area contributed by atoms with Crippen LogP contribution in [-0.2, 0) is 6.54 Å². The first-order valence-corrected chi connectivity index (χ1v) is 7.52. The van der Waals surface area contributed by atoms with E-state index in [4.69, 9.17) is 4.74 Å². The number of halogens is 2. The molecule has 0 aliphatic heterocycles. The van der Waals surface area contributed by atoms with Crippen molar-refractivity contribution in [1.29, 1.82) is 0 Å². The van der Waals surface area contributed by atoms with Gasteiger partial charge in [-0.15, -0.1) is 0 Å². The van der Waals surface area contributed by atoms with E-state index < -0.39 is 0 Å². The molecule has 0 aromatic heterocycles. The Morgan fingerprint density at radius 1 is 1.24 bits per heavy atom. The quantitative estimate of drug-likeness (QED) is 0.802. The van der Waals surface area contributed by atoms with Crippen molar-refractivity contribution < 1.29 is 4.74 Å². The van der Waals surface area contributed by atoms with Crippen LogP contribution in [0.1, 0.15) is 32.8 Å². The topological polar surface area (TPSA) is 21.3 Å². The van der Waals surface area contributed by atoms with Gasteiger partial charge in [-0.25, -0.2) is 0 Å². The van der Waals surface area contributed by atoms with Gasteiger partial charge in [0.05, 0.1) is 15.0 Å². The van der Waals surface area contributed by atoms with E-state index >= 15 is 0 Å². The summed E-state index contributed by atoms with van der Waals surface area (Å²) in [6.45, 7) is 8.14. The van der Waals surface area contributed by atoms with Gasteiger partial charge < -0.3 is 10.1 Å². The van der Waals surface area contributed by atoms with Crippen LogP contribution in [0.4, 0.5) is 0 Å². The van der Waals surface area contributed by atoms with E-state index in [1.165, 1.54) is 5.56 Å². The minimum absolute atomic E-state index is 0.224. The van der Waals surface area contributed by atoms with E-state index in [0.717, 1.165) is 34.2 Å². The van der Waals surface area contributed by atoms with Crippen LogP contribution in [0.2, 0.25) is 0 Å². The van der Waals surface area contributed by atoms with Crippen molar-refractivity contribution in [2.24, 2.45) is 0 Å². The molecular weight excluding hydrogens is 346 g/mol. The molecule has 0 aliphatic rings. The number of hydrogen-bond acceptors (Lipinski definition) is 2. The molecule has 0 amide bonds. The Morgan fingerprint density at radius 2 is 1.82 bits per heavy atom. The number of ether oxygens (including phenoxy) is 1. The second-order valence-corrected chi connectivity index (χ2v) is 5.71. The summed E-state index contributed by atoms with van der Waals surface area (Å²) in [5, 5.41) is 3.31. The van der Waals surface area contributed by atoms with Crippen LogP contribution in [0.25, 0.3) is 0 Å². The number of hydrogen-bond donors (Lipinski definition) is 1. The van der Waals surface area contributed by atoms with Crippen LogP contribution in [0, 0.1) is 0 Å². The molecule has 96 valence electrons. The molecule has 1 aromatic carbocycles. The zero-order valence-electron chi connectivity index (χ0n) is 10.5. The lowest BCUT2D eigenvalue weighted by molar-refractivity contribution is 0.214. The predicted octanol–water partition coefficient (Wildman–Crippen LogP) is 4.50. The van der Waals surface area contributed by atoms with E-state index in [-0.39, 0.29) is 6.10 Å². The zero-order valence-corrected chi connectivity index (χ0v) is 13.7. The molecule has 0 heterocycles. The average Bonchev–Trinajstić information content (AvgIpc) is 2.30. The molecule has 0 bridgehead atoms. The van der Waals surface area contributed by atoms with E-state index in [1.807, 2.05) is 0 Å². The smallest absolute Gasteiger partial charge is 0.148 e. The standard InChI is InChI=1S/C13H19Br2NO/c1-4-9(3)17-13-11(14)6-10(7-12(13)15)8-16-5-2/h6-7,9,16H,4-5,8H2,1-3H3. The molecule has 0 fully saturated rings. The first-order valence-electron chi connectivity index (χ1n) is 5.93. The Labute approximate surface area is 120 Å². The van der Waals surface area contributed by atoms with Crippen molar-refractivity contribution in [2.45, 2.75) is 39.8 Å². The van der Waals surface area contributed by atoms with Crippen molar-refractivity contribution in [1.82, 2.24) is 5.32 Å². The van der Waals surface area contributed by atoms with Gasteiger partial charge in [-0.05, 0) is 69.4 Å². The van der Waals surface area contributed by atoms with E-state index in [1.54, 1.807) is 0 Å². The second kappa shape index (κ2) is 7.39. The number of rotatable bonds is 6. The first-order chi connectivity index (χ1) is 8.08. The summed E-state index contributed by atoms with van der Waals surface area (Å²) in [6, 6.07) is 4.20. The van der Waals surface area contributed by atoms with Crippen LogP contribution < -0.4 is 10.1 Å². The fraction of sp³-hybridized carbons (Fsp3) is 0.538. The van der Waals surface area contributed by atoms with Gasteiger partial charge in [0, 0.05) is 6.54 Å². The SMILES string of the molecule is CCNCc1cc(Br)c(OC(C)CC)c(Br)c1. The van der Waals surface area contributed by atoms with Gasteiger partial charge in [0.1, 0.15) is 5.75 Å². The van der Waals surface area contributed by atoms with Gasteiger partial charge in [-0.1, -0.05) is 13.8 Å². The maximum absolute atomic E-state index is 5.87. The Morgan fingerprint density at radius 3 is 2.29 bits per heavy atom. The van der Waals surface area contributed by atoms with Crippen molar-refractivity contribution in [3.8, 4) is 5.75 Å². The number of benzene rings is 1. The second-order valence-electron chi connectivity index (χ2n) is 4.01. The summed E-state index contributed by atoms with van der Waals surface area (Å²) >= 11 is 7.13. The van der Waals surface area contributed by atoms with Crippen molar-refractivity contribution in [3.63, 3.8) is 0 Å². The predicted molar refractivity (Wildman–Crippen MR) is 79.6 cm³/mol. The van der Waals surface area contributed by atoms with E-state index in [0.29, 0.717) is 0 Å². The van der Waals surface area contributed by atoms with Crippen molar-refractivity contribution >= 4 is 31.9 Å². The lowest BCUT2D eigenvalue weighted by Crippen LogP contribution is -2.13. The minimum Gasteiger partial charge on any atom is -0.488 e. The summed E-state index contributed by atoms with van der Waals surface area (Å²) in [5.74, 6) is 0.889. The highest BCUT2D eigenvalue weighted by Gasteiger charge is 2.11. The maximum Gasteiger partial charge on any atom is 0.148 e. The Kier molecular flexibility index (Phi) is 6.52. The summed E-state index contributed by atoms with van der Waals surface area (Å²) in [4.78, 5) is 0. The molecule has 0 saturated heterocycles. The first kappa shape index (κ1) is 15.0. The lowest BCUT2D eigenvalue weighted by atomic mass is 10.2. The highest BCUT2D eigenvalue weighted by molar-refractivity contribution is 9.11. The van der Waals surface area contributed by atoms with Crippen LogP contribution in [0.15, 0.2) is 21.1 Å². The fourth-order valence-electron chi connectivity index (χ4n) is 1.38. The molecule has 0 radical (unpaired) electrons. The molecule has 4 heteroatoms. The average molecular weight is 365 g/mol. The molecule has 0 aliphatic carbocycles. The van der Waals surface area contributed by atoms with E-state index in [9.17, 15) is 0 Å². The Hall–Kier alpha value is -0.0600. The molecular formula is C13H19Br2NO.